The van der Waals surface area contributed by atoms with E-state index in [1.807, 2.05) is 25.1 Å². The van der Waals surface area contributed by atoms with Crippen LogP contribution in [0.3, 0.4) is 0 Å². The lowest BCUT2D eigenvalue weighted by Crippen LogP contribution is -2.32. The highest BCUT2D eigenvalue weighted by Gasteiger charge is 2.24. The molecule has 0 unspecified atom stereocenters. The van der Waals surface area contributed by atoms with E-state index in [9.17, 15) is 14.0 Å². The Morgan fingerprint density at radius 3 is 2.41 bits per heavy atom. The highest BCUT2D eigenvalue weighted by atomic mass is 35.5. The summed E-state index contributed by atoms with van der Waals surface area (Å²) >= 11 is 6.41. The van der Waals surface area contributed by atoms with E-state index < -0.39 is 11.9 Å². The van der Waals surface area contributed by atoms with Gasteiger partial charge in [-0.2, -0.15) is 0 Å². The van der Waals surface area contributed by atoms with Gasteiger partial charge in [-0.15, -0.1) is 0 Å². The fraction of sp³-hybridized carbons (Fsp3) is 0.154. The van der Waals surface area contributed by atoms with E-state index >= 15 is 0 Å². The molecule has 4 rings (SSSR count). The summed E-state index contributed by atoms with van der Waals surface area (Å²) < 4.78 is 15.9. The topological polar surface area (TPSA) is 51.1 Å². The van der Waals surface area contributed by atoms with Crippen molar-refractivity contribution in [1.29, 1.82) is 0 Å². The molecule has 1 amide bonds. The van der Waals surface area contributed by atoms with Gasteiger partial charge in [-0.1, -0.05) is 67.1 Å². The Kier molecular flexibility index (Phi) is 6.10. The van der Waals surface area contributed by atoms with Gasteiger partial charge in [0, 0.05) is 22.3 Å². The van der Waals surface area contributed by atoms with Crippen molar-refractivity contribution in [2.75, 3.05) is 0 Å². The molecule has 0 saturated heterocycles. The maximum atomic E-state index is 14.4. The minimum Gasteiger partial charge on any atom is -0.345 e. The number of amides is 1. The van der Waals surface area contributed by atoms with Crippen molar-refractivity contribution < 1.29 is 9.18 Å². The fourth-order valence-corrected chi connectivity index (χ4v) is 4.34. The number of hydrogen-bond acceptors (Lipinski definition) is 2. The molecule has 4 nitrogen and oxygen atoms in total. The quantitative estimate of drug-likeness (QED) is 0.408. The van der Waals surface area contributed by atoms with Crippen LogP contribution in [0.15, 0.2) is 77.6 Å². The maximum Gasteiger partial charge on any atom is 0.264 e. The van der Waals surface area contributed by atoms with Crippen molar-refractivity contribution in [3.63, 3.8) is 0 Å². The molecule has 1 aromatic heterocycles. The summed E-state index contributed by atoms with van der Waals surface area (Å²) in [4.78, 5) is 26.9. The average Bonchev–Trinajstić information content (AvgIpc) is 2.78. The van der Waals surface area contributed by atoms with Crippen LogP contribution in [0.4, 0.5) is 4.39 Å². The number of aromatic nitrogens is 1. The molecule has 0 spiro atoms. The number of pyridine rings is 1. The second kappa shape index (κ2) is 8.97. The smallest absolute Gasteiger partial charge is 0.264 e. The van der Waals surface area contributed by atoms with Crippen LogP contribution in [0.1, 0.15) is 41.0 Å². The van der Waals surface area contributed by atoms with Gasteiger partial charge in [-0.3, -0.25) is 14.2 Å². The van der Waals surface area contributed by atoms with Gasteiger partial charge >= 0.3 is 0 Å². The van der Waals surface area contributed by atoms with E-state index in [0.717, 1.165) is 0 Å². The number of carbonyl (C=O) groups excluding carboxylic acids is 1. The van der Waals surface area contributed by atoms with E-state index in [-0.39, 0.29) is 21.8 Å². The Labute approximate surface area is 190 Å². The Balaban J connectivity index is 1.92. The number of nitrogens with zero attached hydrogens (tertiary/aromatic N) is 1. The first-order chi connectivity index (χ1) is 15.4. The van der Waals surface area contributed by atoms with Crippen molar-refractivity contribution in [2.24, 2.45) is 0 Å². The first kappa shape index (κ1) is 21.8. The summed E-state index contributed by atoms with van der Waals surface area (Å²) in [5.74, 6) is -0.770. The predicted octanol–water partition coefficient (Wildman–Crippen LogP) is 5.97. The highest BCUT2D eigenvalue weighted by molar-refractivity contribution is 6.36. The van der Waals surface area contributed by atoms with Gasteiger partial charge in [0.15, 0.2) is 0 Å². The van der Waals surface area contributed by atoms with Crippen LogP contribution < -0.4 is 10.9 Å². The number of benzene rings is 3. The molecule has 162 valence electrons. The Morgan fingerprint density at radius 2 is 1.72 bits per heavy atom. The summed E-state index contributed by atoms with van der Waals surface area (Å²) in [5, 5.41) is 3.96. The number of nitrogens with one attached hydrogen (secondary N) is 1. The zero-order valence-electron chi connectivity index (χ0n) is 17.7. The number of hydrogen-bond donors (Lipinski definition) is 1. The molecule has 0 aliphatic heterocycles. The van der Waals surface area contributed by atoms with Crippen LogP contribution in [0.25, 0.3) is 16.5 Å². The van der Waals surface area contributed by atoms with Gasteiger partial charge in [0.25, 0.3) is 11.5 Å². The minimum absolute atomic E-state index is 0.271. The first-order valence-electron chi connectivity index (χ1n) is 10.4. The van der Waals surface area contributed by atoms with Crippen LogP contribution in [0.2, 0.25) is 5.02 Å². The second-order valence-electron chi connectivity index (χ2n) is 7.55. The number of halogens is 2. The monoisotopic (exact) mass is 448 g/mol. The second-order valence-corrected chi connectivity index (χ2v) is 7.96. The van der Waals surface area contributed by atoms with E-state index in [1.165, 1.54) is 10.6 Å². The maximum absolute atomic E-state index is 14.4. The number of para-hydroxylation sites is 1. The number of carbonyl (C=O) groups is 1. The summed E-state index contributed by atoms with van der Waals surface area (Å²) in [6.07, 6.45) is 0.503. The van der Waals surface area contributed by atoms with Crippen molar-refractivity contribution in [3.05, 3.63) is 111 Å². The molecule has 6 heteroatoms. The van der Waals surface area contributed by atoms with Crippen LogP contribution in [0.5, 0.6) is 0 Å². The molecule has 1 heterocycles. The summed E-state index contributed by atoms with van der Waals surface area (Å²) in [6, 6.07) is 20.0. The van der Waals surface area contributed by atoms with Gasteiger partial charge < -0.3 is 5.32 Å². The zero-order chi connectivity index (χ0) is 22.8. The molecule has 0 saturated carbocycles. The van der Waals surface area contributed by atoms with Crippen molar-refractivity contribution in [1.82, 2.24) is 9.88 Å². The molecule has 0 radical (unpaired) electrons. The molecule has 4 aromatic rings. The standard InChI is InChI=1S/C26H22ClFN2O2/c1-3-22(18-12-7-8-15-21(18)28)29-25(31)23-16(2)30(17-10-5-4-6-11-17)26(32)24-19(23)13-9-14-20(24)27/h4-15,22H,3H2,1-2H3,(H,29,31)/t22-/m0/s1. The molecule has 0 bridgehead atoms. The number of fused-ring (bicyclic) bond motifs is 1. The molecule has 32 heavy (non-hydrogen) atoms. The third-order valence-electron chi connectivity index (χ3n) is 5.63. The largest absolute Gasteiger partial charge is 0.345 e. The first-order valence-corrected chi connectivity index (χ1v) is 10.8. The van der Waals surface area contributed by atoms with Gasteiger partial charge in [-0.25, -0.2) is 4.39 Å². The van der Waals surface area contributed by atoms with E-state index in [4.69, 9.17) is 11.6 Å². The minimum atomic E-state index is -0.519. The molecule has 3 aromatic carbocycles. The third kappa shape index (κ3) is 3.80. The highest BCUT2D eigenvalue weighted by Crippen LogP contribution is 2.28. The molecule has 1 N–H and O–H groups in total. The van der Waals surface area contributed by atoms with E-state index in [0.29, 0.717) is 34.3 Å². The predicted molar refractivity (Wildman–Crippen MR) is 126 cm³/mol. The van der Waals surface area contributed by atoms with Gasteiger partial charge in [0.05, 0.1) is 22.0 Å². The summed E-state index contributed by atoms with van der Waals surface area (Å²) in [7, 11) is 0. The Morgan fingerprint density at radius 1 is 1.03 bits per heavy atom. The third-order valence-corrected chi connectivity index (χ3v) is 5.95. The summed E-state index contributed by atoms with van der Waals surface area (Å²) in [5.41, 5.74) is 1.57. The SMILES string of the molecule is CC[C@H](NC(=O)c1c(C)n(-c2ccccc2)c(=O)c2c(Cl)cccc12)c1ccccc1F. The number of rotatable bonds is 5. The van der Waals surface area contributed by atoms with E-state index in [1.54, 1.807) is 55.5 Å². The summed E-state index contributed by atoms with van der Waals surface area (Å²) in [6.45, 7) is 3.61. The Bertz CT molecular complexity index is 1370. The van der Waals surface area contributed by atoms with Crippen molar-refractivity contribution >= 4 is 28.3 Å². The van der Waals surface area contributed by atoms with Crippen molar-refractivity contribution in [3.8, 4) is 5.69 Å². The van der Waals surface area contributed by atoms with E-state index in [2.05, 4.69) is 5.32 Å². The molecule has 0 fully saturated rings. The van der Waals surface area contributed by atoms with Gasteiger partial charge in [-0.05, 0) is 37.6 Å². The normalized spacial score (nSPS) is 12.0. The lowest BCUT2D eigenvalue weighted by atomic mass is 10.00. The van der Waals surface area contributed by atoms with Crippen LogP contribution in [0, 0.1) is 12.7 Å². The lowest BCUT2D eigenvalue weighted by Gasteiger charge is -2.21. The Hall–Kier alpha value is -3.44. The van der Waals surface area contributed by atoms with Gasteiger partial charge in [0.2, 0.25) is 0 Å². The molecular weight excluding hydrogens is 427 g/mol. The van der Waals surface area contributed by atoms with Crippen LogP contribution >= 0.6 is 11.6 Å². The van der Waals surface area contributed by atoms with Gasteiger partial charge in [0.1, 0.15) is 5.82 Å². The van der Waals surface area contributed by atoms with Crippen LogP contribution in [-0.2, 0) is 0 Å². The molecule has 0 aliphatic rings. The average molecular weight is 449 g/mol. The zero-order valence-corrected chi connectivity index (χ0v) is 18.5. The molecule has 1 atom stereocenters. The van der Waals surface area contributed by atoms with Crippen LogP contribution in [-0.4, -0.2) is 10.5 Å². The van der Waals surface area contributed by atoms with Crippen molar-refractivity contribution in [2.45, 2.75) is 26.3 Å². The molecular formula is C26H22ClFN2O2. The molecule has 0 aliphatic carbocycles. The fourth-order valence-electron chi connectivity index (χ4n) is 4.08. The lowest BCUT2D eigenvalue weighted by molar-refractivity contribution is 0.0935.